The van der Waals surface area contributed by atoms with Crippen LogP contribution < -0.4 is 15.0 Å². The van der Waals surface area contributed by atoms with Gasteiger partial charge in [0.2, 0.25) is 11.8 Å². The lowest BCUT2D eigenvalue weighted by molar-refractivity contribution is -0.126. The molecule has 1 unspecified atom stereocenters. The second-order valence-electron chi connectivity index (χ2n) is 6.27. The Kier molecular flexibility index (Phi) is 5.93. The average molecular weight is 417 g/mol. The number of rotatable bonds is 6. The van der Waals surface area contributed by atoms with Gasteiger partial charge in [0.05, 0.1) is 13.0 Å². The lowest BCUT2D eigenvalue weighted by Crippen LogP contribution is -2.34. The van der Waals surface area contributed by atoms with Gasteiger partial charge in [0.25, 0.3) is 0 Å². The quantitative estimate of drug-likeness (QED) is 0.786. The summed E-state index contributed by atoms with van der Waals surface area (Å²) in [5.41, 5.74) is 1.95. The number of halogens is 1. The molecule has 1 heterocycles. The van der Waals surface area contributed by atoms with E-state index in [4.69, 9.17) is 4.74 Å². The zero-order chi connectivity index (χ0) is 18.5. The fourth-order valence-electron chi connectivity index (χ4n) is 3.04. The number of hydrogen-bond acceptors (Lipinski definition) is 3. The summed E-state index contributed by atoms with van der Waals surface area (Å²) >= 11 is 3.41. The van der Waals surface area contributed by atoms with E-state index in [1.54, 1.807) is 12.0 Å². The van der Waals surface area contributed by atoms with Crippen molar-refractivity contribution in [3.63, 3.8) is 0 Å². The van der Waals surface area contributed by atoms with E-state index >= 15 is 0 Å². The first-order valence-corrected chi connectivity index (χ1v) is 9.32. The highest BCUT2D eigenvalue weighted by Gasteiger charge is 2.34. The van der Waals surface area contributed by atoms with E-state index < -0.39 is 0 Å². The van der Waals surface area contributed by atoms with Gasteiger partial charge >= 0.3 is 0 Å². The molecule has 136 valence electrons. The fourth-order valence-corrected chi connectivity index (χ4v) is 3.43. The summed E-state index contributed by atoms with van der Waals surface area (Å²) in [5.74, 6) is 0.426. The Hall–Kier alpha value is -2.34. The number of carbonyl (C=O) groups is 2. The van der Waals surface area contributed by atoms with Crippen molar-refractivity contribution in [3.05, 3.63) is 58.6 Å². The molecule has 1 aliphatic rings. The predicted molar refractivity (Wildman–Crippen MR) is 104 cm³/mol. The van der Waals surface area contributed by atoms with Crippen molar-refractivity contribution in [1.82, 2.24) is 5.32 Å². The second-order valence-corrected chi connectivity index (χ2v) is 7.19. The Morgan fingerprint density at radius 2 is 2.04 bits per heavy atom. The molecule has 1 N–H and O–H groups in total. The van der Waals surface area contributed by atoms with E-state index in [-0.39, 0.29) is 24.2 Å². The minimum atomic E-state index is -0.308. The van der Waals surface area contributed by atoms with Crippen molar-refractivity contribution in [2.75, 3.05) is 25.1 Å². The maximum atomic E-state index is 12.4. The van der Waals surface area contributed by atoms with Gasteiger partial charge in [-0.2, -0.15) is 0 Å². The number of hydrogen-bond donors (Lipinski definition) is 1. The van der Waals surface area contributed by atoms with Gasteiger partial charge in [-0.05, 0) is 42.3 Å². The number of nitrogens with zero attached hydrogens (tertiary/aromatic N) is 1. The number of amides is 2. The second kappa shape index (κ2) is 8.36. The van der Waals surface area contributed by atoms with Crippen LogP contribution in [-0.4, -0.2) is 32.0 Å². The van der Waals surface area contributed by atoms with E-state index in [9.17, 15) is 9.59 Å². The summed E-state index contributed by atoms with van der Waals surface area (Å²) in [4.78, 5) is 26.4. The summed E-state index contributed by atoms with van der Waals surface area (Å²) in [7, 11) is 1.63. The Morgan fingerprint density at radius 1 is 1.27 bits per heavy atom. The SMILES string of the molecule is COc1ccc(CCNC(=O)C2CC(=O)N(c3cccc(Br)c3)C2)cc1. The van der Waals surface area contributed by atoms with Crippen LogP contribution >= 0.6 is 15.9 Å². The molecule has 0 bridgehead atoms. The van der Waals surface area contributed by atoms with E-state index in [0.717, 1.165) is 27.9 Å². The van der Waals surface area contributed by atoms with Crippen molar-refractivity contribution < 1.29 is 14.3 Å². The monoisotopic (exact) mass is 416 g/mol. The number of ether oxygens (including phenoxy) is 1. The largest absolute Gasteiger partial charge is 0.497 e. The molecule has 3 rings (SSSR count). The fraction of sp³-hybridized carbons (Fsp3) is 0.300. The molecule has 5 nitrogen and oxygen atoms in total. The minimum Gasteiger partial charge on any atom is -0.497 e. The third-order valence-corrected chi connectivity index (χ3v) is 4.98. The maximum absolute atomic E-state index is 12.4. The lowest BCUT2D eigenvalue weighted by atomic mass is 10.1. The molecule has 0 aliphatic carbocycles. The van der Waals surface area contributed by atoms with Crippen LogP contribution in [0.15, 0.2) is 53.0 Å². The number of anilines is 1. The number of benzene rings is 2. The van der Waals surface area contributed by atoms with Gasteiger partial charge in [0.1, 0.15) is 5.75 Å². The Labute approximate surface area is 161 Å². The van der Waals surface area contributed by atoms with Gasteiger partial charge in [-0.15, -0.1) is 0 Å². The molecule has 0 saturated carbocycles. The topological polar surface area (TPSA) is 58.6 Å². The molecule has 1 saturated heterocycles. The van der Waals surface area contributed by atoms with Crippen LogP contribution in [0.3, 0.4) is 0 Å². The van der Waals surface area contributed by atoms with Gasteiger partial charge in [0.15, 0.2) is 0 Å². The van der Waals surface area contributed by atoms with Gasteiger partial charge in [-0.3, -0.25) is 9.59 Å². The highest BCUT2D eigenvalue weighted by atomic mass is 79.9. The standard InChI is InChI=1S/C20H21BrN2O3/c1-26-18-7-5-14(6-8-18)9-10-22-20(25)15-11-19(24)23(13-15)17-4-2-3-16(21)12-17/h2-8,12,15H,9-11,13H2,1H3,(H,22,25). The van der Waals surface area contributed by atoms with Gasteiger partial charge in [-0.1, -0.05) is 34.1 Å². The molecule has 2 aromatic rings. The summed E-state index contributed by atoms with van der Waals surface area (Å²) in [5, 5.41) is 2.95. The third-order valence-electron chi connectivity index (χ3n) is 4.49. The number of nitrogens with one attached hydrogen (secondary N) is 1. The van der Waals surface area contributed by atoms with Crippen LogP contribution in [0.1, 0.15) is 12.0 Å². The van der Waals surface area contributed by atoms with E-state index in [2.05, 4.69) is 21.2 Å². The molecule has 26 heavy (non-hydrogen) atoms. The Bertz CT molecular complexity index is 792. The van der Waals surface area contributed by atoms with Crippen LogP contribution in [0.4, 0.5) is 5.69 Å². The third kappa shape index (κ3) is 4.43. The van der Waals surface area contributed by atoms with Crippen molar-refractivity contribution in [1.29, 1.82) is 0 Å². The predicted octanol–water partition coefficient (Wildman–Crippen LogP) is 3.17. The first kappa shape index (κ1) is 18.5. The molecule has 2 aromatic carbocycles. The molecular weight excluding hydrogens is 396 g/mol. The van der Waals surface area contributed by atoms with E-state index in [1.807, 2.05) is 48.5 Å². The van der Waals surface area contributed by atoms with Crippen LogP contribution in [0, 0.1) is 5.92 Å². The highest BCUT2D eigenvalue weighted by Crippen LogP contribution is 2.27. The van der Waals surface area contributed by atoms with Gasteiger partial charge in [-0.25, -0.2) is 0 Å². The zero-order valence-electron chi connectivity index (χ0n) is 14.6. The Balaban J connectivity index is 1.51. The first-order valence-electron chi connectivity index (χ1n) is 8.53. The van der Waals surface area contributed by atoms with Crippen LogP contribution in [0.5, 0.6) is 5.75 Å². The molecule has 1 aliphatic heterocycles. The van der Waals surface area contributed by atoms with Crippen molar-refractivity contribution in [2.24, 2.45) is 5.92 Å². The summed E-state index contributed by atoms with van der Waals surface area (Å²) in [6.07, 6.45) is 0.993. The number of carbonyl (C=O) groups excluding carboxylic acids is 2. The Morgan fingerprint density at radius 3 is 2.73 bits per heavy atom. The maximum Gasteiger partial charge on any atom is 0.227 e. The summed E-state index contributed by atoms with van der Waals surface area (Å²) in [6, 6.07) is 15.3. The first-order chi connectivity index (χ1) is 12.6. The molecule has 0 spiro atoms. The zero-order valence-corrected chi connectivity index (χ0v) is 16.2. The summed E-state index contributed by atoms with van der Waals surface area (Å²) < 4.78 is 6.05. The number of methoxy groups -OCH3 is 1. The molecule has 6 heteroatoms. The smallest absolute Gasteiger partial charge is 0.227 e. The summed E-state index contributed by atoms with van der Waals surface area (Å²) in [6.45, 7) is 0.969. The lowest BCUT2D eigenvalue weighted by Gasteiger charge is -2.17. The normalized spacial score (nSPS) is 16.6. The van der Waals surface area contributed by atoms with Crippen LogP contribution in [-0.2, 0) is 16.0 Å². The van der Waals surface area contributed by atoms with Gasteiger partial charge in [0, 0.05) is 29.7 Å². The van der Waals surface area contributed by atoms with Crippen molar-refractivity contribution >= 4 is 33.4 Å². The van der Waals surface area contributed by atoms with Crippen molar-refractivity contribution in [3.8, 4) is 5.75 Å². The van der Waals surface area contributed by atoms with E-state index in [1.165, 1.54) is 0 Å². The van der Waals surface area contributed by atoms with Crippen LogP contribution in [0.2, 0.25) is 0 Å². The molecule has 2 amide bonds. The van der Waals surface area contributed by atoms with Gasteiger partial charge < -0.3 is 15.0 Å². The van der Waals surface area contributed by atoms with E-state index in [0.29, 0.717) is 13.1 Å². The molecule has 1 fully saturated rings. The molecule has 0 aromatic heterocycles. The van der Waals surface area contributed by atoms with Crippen molar-refractivity contribution in [2.45, 2.75) is 12.8 Å². The molecule has 1 atom stereocenters. The minimum absolute atomic E-state index is 0.0154. The highest BCUT2D eigenvalue weighted by molar-refractivity contribution is 9.10. The molecule has 0 radical (unpaired) electrons. The average Bonchev–Trinajstić information content (AvgIpc) is 3.04. The molecular formula is C20H21BrN2O3. The van der Waals surface area contributed by atoms with Crippen LogP contribution in [0.25, 0.3) is 0 Å².